The quantitative estimate of drug-likeness (QED) is 0.677. The molecule has 0 atom stereocenters. The number of para-hydroxylation sites is 1. The molecule has 1 aromatic heterocycles. The molecular weight excluding hydrogens is 339 g/mol. The molecule has 0 fully saturated rings. The normalized spacial score (nSPS) is 10.7. The fourth-order valence-corrected chi connectivity index (χ4v) is 2.32. The maximum absolute atomic E-state index is 11.7. The Morgan fingerprint density at radius 3 is 2.91 bits per heavy atom. The molecular formula is C16H12Cl2N2O3. The standard InChI is InChI=1S/C16H12Cl2N2O3/c17-7-8-22-16(21)20-12-4-2-1-3-11(12)15-19-13-9-10(18)5-6-14(13)23-15/h1-6,9H,7-8H2,(H,20,21). The third-order valence-corrected chi connectivity index (χ3v) is 3.44. The summed E-state index contributed by atoms with van der Waals surface area (Å²) in [4.78, 5) is 16.1. The molecule has 0 saturated carbocycles. The number of nitrogens with zero attached hydrogens (tertiary/aromatic N) is 1. The maximum Gasteiger partial charge on any atom is 0.411 e. The van der Waals surface area contributed by atoms with E-state index in [9.17, 15) is 4.79 Å². The molecule has 1 amide bonds. The first-order chi connectivity index (χ1) is 11.2. The number of hydrogen-bond acceptors (Lipinski definition) is 4. The van der Waals surface area contributed by atoms with E-state index in [0.717, 1.165) is 0 Å². The number of halogens is 2. The molecule has 2 aromatic carbocycles. The van der Waals surface area contributed by atoms with Crippen molar-refractivity contribution in [2.75, 3.05) is 17.8 Å². The smallest absolute Gasteiger partial charge is 0.411 e. The molecule has 3 aromatic rings. The number of hydrogen-bond donors (Lipinski definition) is 1. The molecule has 1 N–H and O–H groups in total. The second-order valence-electron chi connectivity index (χ2n) is 4.63. The van der Waals surface area contributed by atoms with E-state index in [4.69, 9.17) is 32.4 Å². The monoisotopic (exact) mass is 350 g/mol. The Kier molecular flexibility index (Phi) is 4.69. The first-order valence-corrected chi connectivity index (χ1v) is 7.74. The second-order valence-corrected chi connectivity index (χ2v) is 5.44. The zero-order chi connectivity index (χ0) is 16.2. The van der Waals surface area contributed by atoms with E-state index in [1.54, 1.807) is 36.4 Å². The van der Waals surface area contributed by atoms with E-state index in [1.165, 1.54) is 0 Å². The summed E-state index contributed by atoms with van der Waals surface area (Å²) in [7, 11) is 0. The number of fused-ring (bicyclic) bond motifs is 1. The average molecular weight is 351 g/mol. The van der Waals surface area contributed by atoms with Crippen molar-refractivity contribution in [2.45, 2.75) is 0 Å². The van der Waals surface area contributed by atoms with Gasteiger partial charge in [0.15, 0.2) is 5.58 Å². The number of rotatable bonds is 4. The van der Waals surface area contributed by atoms with Crippen LogP contribution in [0.15, 0.2) is 46.9 Å². The van der Waals surface area contributed by atoms with Crippen LogP contribution in [0.3, 0.4) is 0 Å². The van der Waals surface area contributed by atoms with Crippen molar-refractivity contribution in [1.82, 2.24) is 4.98 Å². The summed E-state index contributed by atoms with van der Waals surface area (Å²) in [5.74, 6) is 0.622. The Morgan fingerprint density at radius 2 is 2.09 bits per heavy atom. The minimum absolute atomic E-state index is 0.136. The summed E-state index contributed by atoms with van der Waals surface area (Å²) < 4.78 is 10.6. The number of nitrogens with one attached hydrogen (secondary N) is 1. The van der Waals surface area contributed by atoms with E-state index in [1.807, 2.05) is 6.07 Å². The molecule has 23 heavy (non-hydrogen) atoms. The van der Waals surface area contributed by atoms with Gasteiger partial charge in [0.05, 0.1) is 17.1 Å². The minimum Gasteiger partial charge on any atom is -0.448 e. The fourth-order valence-electron chi connectivity index (χ4n) is 2.07. The van der Waals surface area contributed by atoms with Crippen LogP contribution in [0.2, 0.25) is 5.02 Å². The fraction of sp³-hybridized carbons (Fsp3) is 0.125. The van der Waals surface area contributed by atoms with Gasteiger partial charge in [-0.2, -0.15) is 0 Å². The first kappa shape index (κ1) is 15.6. The number of alkyl halides is 1. The van der Waals surface area contributed by atoms with Crippen molar-refractivity contribution < 1.29 is 13.9 Å². The average Bonchev–Trinajstić information content (AvgIpc) is 2.96. The summed E-state index contributed by atoms with van der Waals surface area (Å²) in [5.41, 5.74) is 2.43. The van der Waals surface area contributed by atoms with Crippen LogP contribution in [0.5, 0.6) is 0 Å². The van der Waals surface area contributed by atoms with E-state index >= 15 is 0 Å². The lowest BCUT2D eigenvalue weighted by Gasteiger charge is -2.08. The van der Waals surface area contributed by atoms with Gasteiger partial charge < -0.3 is 9.15 Å². The van der Waals surface area contributed by atoms with E-state index in [0.29, 0.717) is 33.3 Å². The molecule has 0 aliphatic carbocycles. The number of aromatic nitrogens is 1. The number of amides is 1. The Balaban J connectivity index is 1.93. The van der Waals surface area contributed by atoms with Crippen molar-refractivity contribution in [3.05, 3.63) is 47.5 Å². The Morgan fingerprint density at radius 1 is 1.26 bits per heavy atom. The highest BCUT2D eigenvalue weighted by Crippen LogP contribution is 2.31. The lowest BCUT2D eigenvalue weighted by molar-refractivity contribution is 0.168. The van der Waals surface area contributed by atoms with Gasteiger partial charge in [-0.3, -0.25) is 5.32 Å². The summed E-state index contributed by atoms with van der Waals surface area (Å²) >= 11 is 11.4. The van der Waals surface area contributed by atoms with Crippen molar-refractivity contribution in [3.63, 3.8) is 0 Å². The molecule has 7 heteroatoms. The van der Waals surface area contributed by atoms with Gasteiger partial charge >= 0.3 is 6.09 Å². The van der Waals surface area contributed by atoms with Crippen LogP contribution in [-0.4, -0.2) is 23.6 Å². The molecule has 0 aliphatic rings. The SMILES string of the molecule is O=C(Nc1ccccc1-c1nc2cc(Cl)ccc2o1)OCCCl. The van der Waals surface area contributed by atoms with Crippen LogP contribution >= 0.6 is 23.2 Å². The molecule has 0 saturated heterocycles. The van der Waals surface area contributed by atoms with Gasteiger partial charge in [0, 0.05) is 5.02 Å². The van der Waals surface area contributed by atoms with E-state index in [-0.39, 0.29) is 12.5 Å². The number of oxazole rings is 1. The molecule has 0 aliphatic heterocycles. The van der Waals surface area contributed by atoms with Gasteiger partial charge in [0.2, 0.25) is 5.89 Å². The zero-order valence-corrected chi connectivity index (χ0v) is 13.4. The van der Waals surface area contributed by atoms with Gasteiger partial charge in [0.1, 0.15) is 12.1 Å². The van der Waals surface area contributed by atoms with E-state index < -0.39 is 6.09 Å². The third kappa shape index (κ3) is 3.57. The largest absolute Gasteiger partial charge is 0.448 e. The van der Waals surface area contributed by atoms with Crippen LogP contribution in [0.4, 0.5) is 10.5 Å². The second kappa shape index (κ2) is 6.89. The number of carbonyl (C=O) groups is 1. The Labute approximate surface area is 142 Å². The highest BCUT2D eigenvalue weighted by atomic mass is 35.5. The molecule has 0 bridgehead atoms. The van der Waals surface area contributed by atoms with Crippen LogP contribution in [0.25, 0.3) is 22.6 Å². The first-order valence-electron chi connectivity index (χ1n) is 6.82. The summed E-state index contributed by atoms with van der Waals surface area (Å²) in [6.45, 7) is 0.136. The highest BCUT2D eigenvalue weighted by molar-refractivity contribution is 6.31. The van der Waals surface area contributed by atoms with Crippen molar-refractivity contribution in [3.8, 4) is 11.5 Å². The molecule has 0 radical (unpaired) electrons. The van der Waals surface area contributed by atoms with Gasteiger partial charge in [0.25, 0.3) is 0 Å². The Bertz CT molecular complexity index is 848. The number of anilines is 1. The van der Waals surface area contributed by atoms with Crippen LogP contribution in [0, 0.1) is 0 Å². The summed E-state index contributed by atoms with van der Waals surface area (Å²) in [6.07, 6.45) is -0.586. The number of carbonyl (C=O) groups excluding carboxylic acids is 1. The molecule has 3 rings (SSSR count). The topological polar surface area (TPSA) is 64.4 Å². The van der Waals surface area contributed by atoms with Crippen LogP contribution < -0.4 is 5.32 Å². The molecule has 1 heterocycles. The third-order valence-electron chi connectivity index (χ3n) is 3.05. The summed E-state index contributed by atoms with van der Waals surface area (Å²) in [5, 5.41) is 3.23. The van der Waals surface area contributed by atoms with Crippen molar-refractivity contribution >= 4 is 46.1 Å². The molecule has 0 unspecified atom stereocenters. The lowest BCUT2D eigenvalue weighted by Crippen LogP contribution is -2.15. The summed E-state index contributed by atoms with van der Waals surface area (Å²) in [6, 6.07) is 12.3. The maximum atomic E-state index is 11.7. The molecule has 118 valence electrons. The van der Waals surface area contributed by atoms with Crippen molar-refractivity contribution in [2.24, 2.45) is 0 Å². The predicted octanol–water partition coefficient (Wildman–Crippen LogP) is 4.94. The van der Waals surface area contributed by atoms with Gasteiger partial charge in [-0.1, -0.05) is 23.7 Å². The highest BCUT2D eigenvalue weighted by Gasteiger charge is 2.14. The molecule has 0 spiro atoms. The Hall–Kier alpha value is -2.24. The molecule has 5 nitrogen and oxygen atoms in total. The number of benzene rings is 2. The van der Waals surface area contributed by atoms with Crippen molar-refractivity contribution in [1.29, 1.82) is 0 Å². The minimum atomic E-state index is -0.586. The van der Waals surface area contributed by atoms with Crippen LogP contribution in [0.1, 0.15) is 0 Å². The van der Waals surface area contributed by atoms with Gasteiger partial charge in [-0.15, -0.1) is 11.6 Å². The predicted molar refractivity (Wildman–Crippen MR) is 90.1 cm³/mol. The van der Waals surface area contributed by atoms with Gasteiger partial charge in [-0.25, -0.2) is 9.78 Å². The zero-order valence-electron chi connectivity index (χ0n) is 11.9. The van der Waals surface area contributed by atoms with Crippen LogP contribution in [-0.2, 0) is 4.74 Å². The number of ether oxygens (including phenoxy) is 1. The van der Waals surface area contributed by atoms with E-state index in [2.05, 4.69) is 10.3 Å². The lowest BCUT2D eigenvalue weighted by atomic mass is 10.2. The van der Waals surface area contributed by atoms with Gasteiger partial charge in [-0.05, 0) is 30.3 Å².